The molecule has 0 fully saturated rings. The zero-order valence-corrected chi connectivity index (χ0v) is 5.44. The maximum atomic E-state index is 7.44. The molecule has 4 heavy (non-hydrogen) atoms. The molecule has 0 aromatic carbocycles. The molecular weight excluding hydrogens is 128 g/mol. The molecule has 0 aromatic rings. The van der Waals surface area contributed by atoms with Gasteiger partial charge in [0.2, 0.25) is 0 Å². The molecule has 0 unspecified atom stereocenters. The van der Waals surface area contributed by atoms with Crippen LogP contribution < -0.4 is 0 Å². The molecule has 0 aliphatic carbocycles. The molecule has 0 bridgehead atoms. The first-order valence-electron chi connectivity index (χ1n) is 0.836. The van der Waals surface area contributed by atoms with Gasteiger partial charge in [-0.25, -0.2) is 0 Å². The predicted octanol–water partition coefficient (Wildman–Crippen LogP) is -0.357. The van der Waals surface area contributed by atoms with Crippen LogP contribution in [0, 0.1) is 0 Å². The van der Waals surface area contributed by atoms with Crippen molar-refractivity contribution >= 4 is 7.48 Å². The van der Waals surface area contributed by atoms with Crippen molar-refractivity contribution in [3.63, 3.8) is 0 Å². The van der Waals surface area contributed by atoms with Crippen LogP contribution in [-0.4, -0.2) is 12.5 Å². The second kappa shape index (κ2) is 8.92. The van der Waals surface area contributed by atoms with Gasteiger partial charge in [-0.1, -0.05) is 6.82 Å². The van der Waals surface area contributed by atoms with Crippen LogP contribution in [0.3, 0.4) is 0 Å². The second-order valence-electron chi connectivity index (χ2n) is 0.258. The van der Waals surface area contributed by atoms with Crippen molar-refractivity contribution in [3.8, 4) is 0 Å². The van der Waals surface area contributed by atoms with Gasteiger partial charge in [-0.3, -0.25) is 0 Å². The Hall–Kier alpha value is 1.13. The Labute approximate surface area is 51.9 Å². The number of hydrogen-bond acceptors (Lipinski definition) is 1. The van der Waals surface area contributed by atoms with Crippen LogP contribution >= 0.6 is 0 Å². The van der Waals surface area contributed by atoms with Gasteiger partial charge in [0, 0.05) is 32.7 Å². The molecule has 0 aromatic heterocycles. The average Bonchev–Trinajstić information content (AvgIpc) is 0.918. The molecule has 1 nitrogen and oxygen atoms in total. The molecule has 0 saturated carbocycles. The third-order valence-corrected chi connectivity index (χ3v) is 0. The van der Waals surface area contributed by atoms with Gasteiger partial charge in [0.05, 0.1) is 0 Å². The van der Waals surface area contributed by atoms with Gasteiger partial charge in [0.15, 0.2) is 0 Å². The Balaban J connectivity index is 0. The summed E-state index contributed by atoms with van der Waals surface area (Å²) >= 11 is 0. The summed E-state index contributed by atoms with van der Waals surface area (Å²) in [5.74, 6) is 0. The first kappa shape index (κ1) is 8.93. The van der Waals surface area contributed by atoms with Gasteiger partial charge >= 0.3 is 0 Å². The minimum atomic E-state index is 0. The van der Waals surface area contributed by atoms with Crippen molar-refractivity contribution in [1.82, 2.24) is 0 Å². The van der Waals surface area contributed by atoms with Crippen LogP contribution in [0.1, 0.15) is 0 Å². The molecule has 0 atom stereocenters. The fraction of sp³-hybridized carbons (Fsp3) is 1.00. The van der Waals surface area contributed by atoms with E-state index in [9.17, 15) is 0 Å². The largest absolute Gasteiger partial charge is 0.455 e. The molecule has 0 aliphatic heterocycles. The topological polar surface area (TPSA) is 20.2 Å². The van der Waals surface area contributed by atoms with Gasteiger partial charge in [-0.05, 0) is 0 Å². The SMILES string of the molecule is C[B]O.[Y]. The van der Waals surface area contributed by atoms with E-state index in [0.717, 1.165) is 7.48 Å². The average molecular weight is 132 g/mol. The van der Waals surface area contributed by atoms with Crippen LogP contribution in [0.2, 0.25) is 6.82 Å². The fourth-order valence-corrected chi connectivity index (χ4v) is 0. The van der Waals surface area contributed by atoms with Gasteiger partial charge in [-0.15, -0.1) is 0 Å². The van der Waals surface area contributed by atoms with Crippen molar-refractivity contribution in [2.45, 2.75) is 6.82 Å². The smallest absolute Gasteiger partial charge is 0.283 e. The maximum absolute atomic E-state index is 7.44. The minimum absolute atomic E-state index is 0. The summed E-state index contributed by atoms with van der Waals surface area (Å²) in [6.45, 7) is 1.56. The molecule has 1 N–H and O–H groups in total. The zero-order valence-electron chi connectivity index (χ0n) is 2.60. The molecular formula is CH4BOY. The maximum Gasteiger partial charge on any atom is 0.283 e. The van der Waals surface area contributed by atoms with Gasteiger partial charge in [-0.2, -0.15) is 0 Å². The fourth-order valence-electron chi connectivity index (χ4n) is 0. The van der Waals surface area contributed by atoms with E-state index in [1.165, 1.54) is 0 Å². The third kappa shape index (κ3) is 11.1. The first-order valence-corrected chi connectivity index (χ1v) is 0.836. The summed E-state index contributed by atoms with van der Waals surface area (Å²) in [6.07, 6.45) is 0. The van der Waals surface area contributed by atoms with E-state index in [1.807, 2.05) is 0 Å². The monoisotopic (exact) mass is 132 g/mol. The van der Waals surface area contributed by atoms with Crippen LogP contribution in [-0.2, 0) is 32.7 Å². The number of hydrogen-bond donors (Lipinski definition) is 1. The molecule has 0 heterocycles. The van der Waals surface area contributed by atoms with Crippen molar-refractivity contribution in [3.05, 3.63) is 0 Å². The summed E-state index contributed by atoms with van der Waals surface area (Å²) in [6, 6.07) is 0. The second-order valence-corrected chi connectivity index (χ2v) is 0.258. The predicted molar refractivity (Wildman–Crippen MR) is 13.8 cm³/mol. The Bertz CT molecular complexity index is 8.00. The molecule has 0 saturated heterocycles. The molecule has 0 spiro atoms. The Kier molecular flexibility index (Phi) is 19.9. The molecule has 0 amide bonds. The summed E-state index contributed by atoms with van der Waals surface area (Å²) in [4.78, 5) is 0. The summed E-state index contributed by atoms with van der Waals surface area (Å²) in [7, 11) is 1.00. The van der Waals surface area contributed by atoms with E-state index in [1.54, 1.807) is 6.82 Å². The zero-order chi connectivity index (χ0) is 2.71. The molecule has 2 radical (unpaired) electrons. The molecule has 20 valence electrons. The van der Waals surface area contributed by atoms with Crippen LogP contribution in [0.15, 0.2) is 0 Å². The van der Waals surface area contributed by atoms with Crippen molar-refractivity contribution < 1.29 is 37.7 Å². The minimum Gasteiger partial charge on any atom is -0.455 e. The quantitative estimate of drug-likeness (QED) is 0.446. The van der Waals surface area contributed by atoms with E-state index >= 15 is 0 Å². The third-order valence-electron chi connectivity index (χ3n) is 0. The van der Waals surface area contributed by atoms with E-state index < -0.39 is 0 Å². The van der Waals surface area contributed by atoms with E-state index in [-0.39, 0.29) is 32.7 Å². The van der Waals surface area contributed by atoms with E-state index in [0.29, 0.717) is 0 Å². The van der Waals surface area contributed by atoms with Crippen LogP contribution in [0.5, 0.6) is 0 Å². The molecule has 0 aliphatic rings. The Morgan fingerprint density at radius 2 is 1.75 bits per heavy atom. The summed E-state index contributed by atoms with van der Waals surface area (Å²) < 4.78 is 0. The van der Waals surface area contributed by atoms with Gasteiger partial charge in [0.1, 0.15) is 0 Å². The van der Waals surface area contributed by atoms with Crippen molar-refractivity contribution in [1.29, 1.82) is 0 Å². The number of rotatable bonds is 0. The first-order chi connectivity index (χ1) is 1.41. The van der Waals surface area contributed by atoms with E-state index in [4.69, 9.17) is 5.02 Å². The standard InChI is InChI=1S/CH4BO.Y/c1-2-3;/h3H,1H3;. The van der Waals surface area contributed by atoms with Gasteiger partial charge < -0.3 is 5.02 Å². The van der Waals surface area contributed by atoms with Crippen LogP contribution in [0.25, 0.3) is 0 Å². The van der Waals surface area contributed by atoms with Gasteiger partial charge in [0.25, 0.3) is 7.48 Å². The summed E-state index contributed by atoms with van der Waals surface area (Å²) in [5.41, 5.74) is 0. The Morgan fingerprint density at radius 3 is 1.75 bits per heavy atom. The normalized spacial score (nSPS) is 3.50. The van der Waals surface area contributed by atoms with E-state index in [2.05, 4.69) is 0 Å². The van der Waals surface area contributed by atoms with Crippen molar-refractivity contribution in [2.75, 3.05) is 0 Å². The Morgan fingerprint density at radius 1 is 1.75 bits per heavy atom. The van der Waals surface area contributed by atoms with Crippen molar-refractivity contribution in [2.24, 2.45) is 0 Å². The molecule has 0 rings (SSSR count). The van der Waals surface area contributed by atoms with Crippen LogP contribution in [0.4, 0.5) is 0 Å². The summed E-state index contributed by atoms with van der Waals surface area (Å²) in [5, 5.41) is 7.44. The molecule has 3 heteroatoms.